The molecule has 1 aliphatic rings. The van der Waals surface area contributed by atoms with Gasteiger partial charge in [0, 0.05) is 38.3 Å². The quantitative estimate of drug-likeness (QED) is 0.413. The number of amides is 1. The summed E-state index contributed by atoms with van der Waals surface area (Å²) in [7, 11) is -2.14. The van der Waals surface area contributed by atoms with Gasteiger partial charge in [-0.2, -0.15) is 0 Å². The van der Waals surface area contributed by atoms with Crippen LogP contribution in [0.4, 0.5) is 5.82 Å². The summed E-state index contributed by atoms with van der Waals surface area (Å²) in [4.78, 5) is 16.8. The molecular formula is C29H37N5O5S. The van der Waals surface area contributed by atoms with Crippen molar-refractivity contribution in [3.8, 4) is 22.6 Å². The Morgan fingerprint density at radius 2 is 1.70 bits per heavy atom. The number of hydrogen-bond donors (Lipinski definition) is 1. The summed E-state index contributed by atoms with van der Waals surface area (Å²) in [6.45, 7) is 11.0. The van der Waals surface area contributed by atoms with E-state index in [2.05, 4.69) is 49.0 Å². The summed E-state index contributed by atoms with van der Waals surface area (Å²) >= 11 is 0. The van der Waals surface area contributed by atoms with E-state index in [0.717, 1.165) is 60.9 Å². The lowest BCUT2D eigenvalue weighted by molar-refractivity contribution is 0.0974. The van der Waals surface area contributed by atoms with E-state index < -0.39 is 20.7 Å². The molecule has 1 amide bonds. The van der Waals surface area contributed by atoms with Crippen LogP contribution in [0.25, 0.3) is 11.1 Å². The van der Waals surface area contributed by atoms with Crippen LogP contribution in [-0.4, -0.2) is 74.1 Å². The standard InChI is InChI=1S/C29H37N5O5S/c1-6-39-24-9-7-8-21(18-24)22-10-11-23(26(19-22)38-5)20-33-14-16-34(17-15-33)27-13-12-25(30-31-27)28(35)32-40(36,37)29(2,3)4/h7-13,18-19H,6,14-17,20H2,1-5H3,(H,32,35). The normalized spacial score (nSPS) is 14.6. The summed E-state index contributed by atoms with van der Waals surface area (Å²) in [5.74, 6) is 1.54. The highest BCUT2D eigenvalue weighted by Crippen LogP contribution is 2.30. The van der Waals surface area contributed by atoms with E-state index in [9.17, 15) is 13.2 Å². The average molecular weight is 568 g/mol. The third-order valence-electron chi connectivity index (χ3n) is 6.77. The van der Waals surface area contributed by atoms with Gasteiger partial charge in [0.1, 0.15) is 11.5 Å². The number of nitrogens with one attached hydrogen (secondary N) is 1. The van der Waals surface area contributed by atoms with Crippen molar-refractivity contribution in [1.82, 2.24) is 19.8 Å². The first-order valence-corrected chi connectivity index (χ1v) is 14.8. The molecule has 0 spiro atoms. The number of ether oxygens (including phenoxy) is 2. The molecule has 0 atom stereocenters. The molecule has 1 aliphatic heterocycles. The highest BCUT2D eigenvalue weighted by molar-refractivity contribution is 7.91. The molecule has 1 saturated heterocycles. The van der Waals surface area contributed by atoms with Crippen LogP contribution in [0.5, 0.6) is 11.5 Å². The Bertz CT molecular complexity index is 1430. The Balaban J connectivity index is 1.35. The van der Waals surface area contributed by atoms with E-state index in [1.807, 2.05) is 25.1 Å². The van der Waals surface area contributed by atoms with Crippen molar-refractivity contribution in [1.29, 1.82) is 0 Å². The zero-order valence-electron chi connectivity index (χ0n) is 23.7. The van der Waals surface area contributed by atoms with Gasteiger partial charge in [-0.3, -0.25) is 9.69 Å². The zero-order chi connectivity index (χ0) is 28.9. The first kappa shape index (κ1) is 29.3. The van der Waals surface area contributed by atoms with Crippen LogP contribution in [0.15, 0.2) is 54.6 Å². The molecule has 1 N–H and O–H groups in total. The summed E-state index contributed by atoms with van der Waals surface area (Å²) in [6.07, 6.45) is 0. The van der Waals surface area contributed by atoms with Crippen LogP contribution in [0.2, 0.25) is 0 Å². The van der Waals surface area contributed by atoms with Crippen LogP contribution < -0.4 is 19.1 Å². The van der Waals surface area contributed by atoms with Gasteiger partial charge in [-0.15, -0.1) is 10.2 Å². The maximum absolute atomic E-state index is 12.4. The predicted molar refractivity (Wildman–Crippen MR) is 155 cm³/mol. The largest absolute Gasteiger partial charge is 0.496 e. The van der Waals surface area contributed by atoms with Crippen LogP contribution in [0, 0.1) is 0 Å². The van der Waals surface area contributed by atoms with E-state index in [-0.39, 0.29) is 5.69 Å². The molecule has 0 bridgehead atoms. The Morgan fingerprint density at radius 3 is 2.33 bits per heavy atom. The second-order valence-electron chi connectivity index (χ2n) is 10.6. The van der Waals surface area contributed by atoms with Crippen molar-refractivity contribution in [2.75, 3.05) is 44.8 Å². The molecule has 4 rings (SSSR count). The van der Waals surface area contributed by atoms with Gasteiger partial charge < -0.3 is 14.4 Å². The molecule has 2 aromatic carbocycles. The van der Waals surface area contributed by atoms with Crippen molar-refractivity contribution < 1.29 is 22.7 Å². The molecule has 0 aliphatic carbocycles. The molecule has 0 saturated carbocycles. The topological polar surface area (TPSA) is 114 Å². The van der Waals surface area contributed by atoms with Crippen LogP contribution >= 0.6 is 0 Å². The van der Waals surface area contributed by atoms with Gasteiger partial charge in [0.05, 0.1) is 18.5 Å². The van der Waals surface area contributed by atoms with Crippen molar-refractivity contribution in [3.05, 3.63) is 65.9 Å². The molecule has 1 fully saturated rings. The Kier molecular flexibility index (Phi) is 8.95. The number of sulfonamides is 1. The summed E-state index contributed by atoms with van der Waals surface area (Å²) in [5.41, 5.74) is 3.21. The van der Waals surface area contributed by atoms with Crippen molar-refractivity contribution in [3.63, 3.8) is 0 Å². The van der Waals surface area contributed by atoms with Crippen LogP contribution in [0.3, 0.4) is 0 Å². The average Bonchev–Trinajstić information content (AvgIpc) is 2.93. The fourth-order valence-electron chi connectivity index (χ4n) is 4.31. The molecule has 1 aromatic heterocycles. The minimum atomic E-state index is -3.83. The number of benzene rings is 2. The van der Waals surface area contributed by atoms with E-state index in [1.54, 1.807) is 13.2 Å². The number of nitrogens with zero attached hydrogens (tertiary/aromatic N) is 4. The fourth-order valence-corrected chi connectivity index (χ4v) is 4.96. The number of anilines is 1. The van der Waals surface area contributed by atoms with E-state index in [0.29, 0.717) is 12.4 Å². The summed E-state index contributed by atoms with van der Waals surface area (Å²) in [5, 5.41) is 8.15. The van der Waals surface area contributed by atoms with E-state index in [4.69, 9.17) is 9.47 Å². The maximum Gasteiger partial charge on any atom is 0.285 e. The monoisotopic (exact) mass is 567 g/mol. The predicted octanol–water partition coefficient (Wildman–Crippen LogP) is 3.73. The first-order chi connectivity index (χ1) is 19.0. The lowest BCUT2D eigenvalue weighted by Gasteiger charge is -2.35. The summed E-state index contributed by atoms with van der Waals surface area (Å²) in [6, 6.07) is 17.5. The maximum atomic E-state index is 12.4. The molecule has 2 heterocycles. The van der Waals surface area contributed by atoms with Gasteiger partial charge in [-0.25, -0.2) is 13.1 Å². The zero-order valence-corrected chi connectivity index (χ0v) is 24.5. The molecule has 11 heteroatoms. The number of rotatable bonds is 9. The van der Waals surface area contributed by atoms with E-state index in [1.165, 1.54) is 26.8 Å². The lowest BCUT2D eigenvalue weighted by atomic mass is 10.0. The molecule has 214 valence electrons. The highest BCUT2D eigenvalue weighted by atomic mass is 32.2. The number of hydrogen-bond acceptors (Lipinski definition) is 9. The molecule has 40 heavy (non-hydrogen) atoms. The van der Waals surface area contributed by atoms with Gasteiger partial charge in [0.15, 0.2) is 11.5 Å². The van der Waals surface area contributed by atoms with Gasteiger partial charge in [-0.1, -0.05) is 24.3 Å². The van der Waals surface area contributed by atoms with Gasteiger partial charge >= 0.3 is 0 Å². The smallest absolute Gasteiger partial charge is 0.285 e. The van der Waals surface area contributed by atoms with Gasteiger partial charge in [-0.05, 0) is 69.2 Å². The SMILES string of the molecule is CCOc1cccc(-c2ccc(CN3CCN(c4ccc(C(=O)NS(=O)(=O)C(C)(C)C)nn4)CC3)c(OC)c2)c1. The second kappa shape index (κ2) is 12.2. The molecular weight excluding hydrogens is 530 g/mol. The van der Waals surface area contributed by atoms with Crippen molar-refractivity contribution in [2.45, 2.75) is 39.0 Å². The highest BCUT2D eigenvalue weighted by Gasteiger charge is 2.31. The molecule has 3 aromatic rings. The Labute approximate surface area is 236 Å². The lowest BCUT2D eigenvalue weighted by Crippen LogP contribution is -2.46. The van der Waals surface area contributed by atoms with Gasteiger partial charge in [0.2, 0.25) is 10.0 Å². The van der Waals surface area contributed by atoms with Gasteiger partial charge in [0.25, 0.3) is 5.91 Å². The van der Waals surface area contributed by atoms with Crippen LogP contribution in [0.1, 0.15) is 43.7 Å². The first-order valence-electron chi connectivity index (χ1n) is 13.3. The number of methoxy groups -OCH3 is 1. The minimum Gasteiger partial charge on any atom is -0.496 e. The molecule has 10 nitrogen and oxygen atoms in total. The molecule has 0 unspecified atom stereocenters. The second-order valence-corrected chi connectivity index (χ2v) is 13.0. The van der Waals surface area contributed by atoms with E-state index >= 15 is 0 Å². The third-order valence-corrected chi connectivity index (χ3v) is 8.84. The minimum absolute atomic E-state index is 0.0460. The number of aromatic nitrogens is 2. The molecule has 0 radical (unpaired) electrons. The Hall–Kier alpha value is -3.70. The van der Waals surface area contributed by atoms with Crippen molar-refractivity contribution in [2.24, 2.45) is 0 Å². The van der Waals surface area contributed by atoms with Crippen molar-refractivity contribution >= 4 is 21.7 Å². The summed E-state index contributed by atoms with van der Waals surface area (Å²) < 4.78 is 36.9. The third kappa shape index (κ3) is 6.89. The number of carbonyl (C=O) groups is 1. The van der Waals surface area contributed by atoms with Crippen LogP contribution in [-0.2, 0) is 16.6 Å². The fraction of sp³-hybridized carbons (Fsp3) is 0.414. The number of piperazine rings is 1. The Morgan fingerprint density at radius 1 is 0.975 bits per heavy atom. The number of carbonyl (C=O) groups excluding carboxylic acids is 1.